The molecule has 218 valence electrons. The molecule has 0 aromatic rings. The quantitative estimate of drug-likeness (QED) is 0.344. The van der Waals surface area contributed by atoms with Gasteiger partial charge in [0.2, 0.25) is 11.8 Å². The number of ether oxygens (including phenoxy) is 1. The Labute approximate surface area is 230 Å². The molecule has 2 rings (SSSR count). The van der Waals surface area contributed by atoms with Crippen molar-refractivity contribution in [1.29, 1.82) is 0 Å². The predicted molar refractivity (Wildman–Crippen MR) is 150 cm³/mol. The molecule has 0 aromatic heterocycles. The molecular formula is C28H52BN3O6. The molecular weight excluding hydrogens is 485 g/mol. The van der Waals surface area contributed by atoms with Gasteiger partial charge in [-0.05, 0) is 101 Å². The van der Waals surface area contributed by atoms with Gasteiger partial charge in [-0.2, -0.15) is 0 Å². The Bertz CT molecular complexity index is 840. The second-order valence-electron chi connectivity index (χ2n) is 14.0. The van der Waals surface area contributed by atoms with Crippen molar-refractivity contribution >= 4 is 25.0 Å². The molecule has 3 amide bonds. The molecule has 0 unspecified atom stereocenters. The van der Waals surface area contributed by atoms with Gasteiger partial charge in [-0.3, -0.25) is 9.59 Å². The Morgan fingerprint density at radius 1 is 0.921 bits per heavy atom. The summed E-state index contributed by atoms with van der Waals surface area (Å²) in [6.45, 7) is 21.9. The highest BCUT2D eigenvalue weighted by molar-refractivity contribution is 6.45. The maximum absolute atomic E-state index is 13.9. The number of unbranched alkanes of at least 4 members (excludes halogenated alkanes) is 1. The third-order valence-corrected chi connectivity index (χ3v) is 7.70. The molecule has 2 aliphatic heterocycles. The van der Waals surface area contributed by atoms with Crippen LogP contribution in [-0.2, 0) is 23.6 Å². The van der Waals surface area contributed by atoms with Gasteiger partial charge in [-0.15, -0.1) is 0 Å². The first-order valence-corrected chi connectivity index (χ1v) is 14.1. The van der Waals surface area contributed by atoms with Crippen molar-refractivity contribution in [1.82, 2.24) is 15.5 Å². The highest BCUT2D eigenvalue weighted by atomic mass is 16.7. The summed E-state index contributed by atoms with van der Waals surface area (Å²) in [6.07, 6.45) is 3.54. The molecule has 2 heterocycles. The zero-order valence-corrected chi connectivity index (χ0v) is 25.7. The Kier molecular flexibility index (Phi) is 10.0. The van der Waals surface area contributed by atoms with Gasteiger partial charge in [0, 0.05) is 25.6 Å². The van der Waals surface area contributed by atoms with Gasteiger partial charge in [-0.1, -0.05) is 12.8 Å². The summed E-state index contributed by atoms with van der Waals surface area (Å²) in [6, 6.07) is 0. The average molecular weight is 538 g/mol. The van der Waals surface area contributed by atoms with Gasteiger partial charge in [0.25, 0.3) is 0 Å². The van der Waals surface area contributed by atoms with Crippen molar-refractivity contribution < 1.29 is 28.4 Å². The van der Waals surface area contributed by atoms with Crippen molar-refractivity contribution in [2.75, 3.05) is 13.1 Å². The number of amides is 3. The number of hydrogen-bond donors (Lipinski definition) is 2. The number of piperidine rings is 1. The van der Waals surface area contributed by atoms with E-state index in [4.69, 9.17) is 14.0 Å². The fraction of sp³-hybridized carbons (Fsp3) is 0.893. The number of rotatable bonds is 8. The summed E-state index contributed by atoms with van der Waals surface area (Å²) in [4.78, 5) is 40.7. The minimum atomic E-state index is -1.07. The van der Waals surface area contributed by atoms with E-state index in [2.05, 4.69) is 10.6 Å². The van der Waals surface area contributed by atoms with Crippen molar-refractivity contribution in [3.05, 3.63) is 0 Å². The molecule has 2 aliphatic rings. The van der Waals surface area contributed by atoms with E-state index in [1.54, 1.807) is 4.90 Å². The first kappa shape index (κ1) is 32.4. The first-order chi connectivity index (χ1) is 17.2. The van der Waals surface area contributed by atoms with Crippen LogP contribution in [0.5, 0.6) is 0 Å². The standard InChI is InChI=1S/C28H52BN3O6/c1-20(33)30-28(22(34)31-24(2,3)4,16-12-13-17-29-37-26(8,9)27(10,11)38-29)21-14-18-32(19-15-21)23(35)36-25(5,6)7/h21H,12-19H2,1-11H3,(H,30,33)(H,31,34)/t28-/m0/s1. The Hall–Kier alpha value is -1.81. The fourth-order valence-corrected chi connectivity index (χ4v) is 5.17. The van der Waals surface area contributed by atoms with E-state index in [1.807, 2.05) is 69.2 Å². The smallest absolute Gasteiger partial charge is 0.444 e. The van der Waals surface area contributed by atoms with Crippen LogP contribution in [0.2, 0.25) is 6.32 Å². The van der Waals surface area contributed by atoms with Crippen molar-refractivity contribution in [3.63, 3.8) is 0 Å². The van der Waals surface area contributed by atoms with Crippen LogP contribution >= 0.6 is 0 Å². The lowest BCUT2D eigenvalue weighted by Gasteiger charge is -2.45. The lowest BCUT2D eigenvalue weighted by molar-refractivity contribution is -0.138. The summed E-state index contributed by atoms with van der Waals surface area (Å²) in [7, 11) is -0.296. The summed E-state index contributed by atoms with van der Waals surface area (Å²) in [5.74, 6) is -0.537. The van der Waals surface area contributed by atoms with Crippen LogP contribution in [0.15, 0.2) is 0 Å². The van der Waals surface area contributed by atoms with Gasteiger partial charge in [0.05, 0.1) is 11.2 Å². The monoisotopic (exact) mass is 537 g/mol. The highest BCUT2D eigenvalue weighted by Gasteiger charge is 2.51. The van der Waals surface area contributed by atoms with Gasteiger partial charge < -0.3 is 29.6 Å². The zero-order valence-electron chi connectivity index (χ0n) is 25.7. The normalized spacial score (nSPS) is 21.6. The zero-order chi connectivity index (χ0) is 29.2. The first-order valence-electron chi connectivity index (χ1n) is 14.1. The van der Waals surface area contributed by atoms with Crippen molar-refractivity contribution in [3.8, 4) is 0 Å². The van der Waals surface area contributed by atoms with Gasteiger partial charge in [-0.25, -0.2) is 4.79 Å². The van der Waals surface area contributed by atoms with Gasteiger partial charge >= 0.3 is 13.2 Å². The lowest BCUT2D eigenvalue weighted by atomic mass is 9.72. The molecule has 2 saturated heterocycles. The number of hydrogen-bond acceptors (Lipinski definition) is 6. The molecule has 0 spiro atoms. The molecule has 1 atom stereocenters. The van der Waals surface area contributed by atoms with Gasteiger partial charge in [0.1, 0.15) is 11.1 Å². The molecule has 38 heavy (non-hydrogen) atoms. The summed E-state index contributed by atoms with van der Waals surface area (Å²) in [5, 5.41) is 6.20. The van der Waals surface area contributed by atoms with E-state index in [0.29, 0.717) is 45.1 Å². The van der Waals surface area contributed by atoms with E-state index in [1.165, 1.54) is 6.92 Å². The second kappa shape index (κ2) is 11.7. The third kappa shape index (κ3) is 8.60. The van der Waals surface area contributed by atoms with Crippen molar-refractivity contribution in [2.45, 2.75) is 142 Å². The maximum atomic E-state index is 13.9. The highest BCUT2D eigenvalue weighted by Crippen LogP contribution is 2.39. The molecule has 9 nitrogen and oxygen atoms in total. The molecule has 10 heteroatoms. The van der Waals surface area contributed by atoms with E-state index in [0.717, 1.165) is 6.42 Å². The van der Waals surface area contributed by atoms with Crippen LogP contribution in [0.1, 0.15) is 108 Å². The molecule has 0 bridgehead atoms. The summed E-state index contributed by atoms with van der Waals surface area (Å²) in [5.41, 5.74) is -2.87. The third-order valence-electron chi connectivity index (χ3n) is 7.70. The topological polar surface area (TPSA) is 106 Å². The fourth-order valence-electron chi connectivity index (χ4n) is 5.17. The maximum Gasteiger partial charge on any atom is 0.457 e. The molecule has 2 fully saturated rings. The van der Waals surface area contributed by atoms with Crippen LogP contribution in [0.4, 0.5) is 4.79 Å². The van der Waals surface area contributed by atoms with Crippen LogP contribution in [0.3, 0.4) is 0 Å². The summed E-state index contributed by atoms with van der Waals surface area (Å²) >= 11 is 0. The van der Waals surface area contributed by atoms with E-state index in [-0.39, 0.29) is 42.1 Å². The van der Waals surface area contributed by atoms with Gasteiger partial charge in [0.15, 0.2) is 0 Å². The van der Waals surface area contributed by atoms with E-state index in [9.17, 15) is 14.4 Å². The van der Waals surface area contributed by atoms with Crippen LogP contribution in [0.25, 0.3) is 0 Å². The number of carbonyl (C=O) groups excluding carboxylic acids is 3. The second-order valence-corrected chi connectivity index (χ2v) is 14.0. The average Bonchev–Trinajstić information content (AvgIpc) is 2.93. The Morgan fingerprint density at radius 3 is 1.89 bits per heavy atom. The summed E-state index contributed by atoms with van der Waals surface area (Å²) < 4.78 is 17.8. The molecule has 0 aromatic carbocycles. The minimum absolute atomic E-state index is 0.121. The molecule has 0 aliphatic carbocycles. The van der Waals surface area contributed by atoms with Crippen molar-refractivity contribution in [2.24, 2.45) is 5.92 Å². The van der Waals surface area contributed by atoms with Crippen LogP contribution < -0.4 is 10.6 Å². The molecule has 2 N–H and O–H groups in total. The van der Waals surface area contributed by atoms with E-state index < -0.39 is 16.7 Å². The van der Waals surface area contributed by atoms with Crippen LogP contribution in [0, 0.1) is 5.92 Å². The Balaban J connectivity index is 2.17. The van der Waals surface area contributed by atoms with E-state index >= 15 is 0 Å². The lowest BCUT2D eigenvalue weighted by Crippen LogP contribution is -2.66. The minimum Gasteiger partial charge on any atom is -0.444 e. The number of likely N-dealkylation sites (tertiary alicyclic amines) is 1. The number of nitrogens with one attached hydrogen (secondary N) is 2. The largest absolute Gasteiger partial charge is 0.457 e. The molecule has 0 radical (unpaired) electrons. The predicted octanol–water partition coefficient (Wildman–Crippen LogP) is 4.69. The Morgan fingerprint density at radius 2 is 1.45 bits per heavy atom. The van der Waals surface area contributed by atoms with Crippen LogP contribution in [-0.4, -0.2) is 70.9 Å². The number of nitrogens with zero attached hydrogens (tertiary/aromatic N) is 1. The molecule has 0 saturated carbocycles. The SMILES string of the molecule is CC(=O)N[C@](CCCCB1OC(C)(C)C(C)(C)O1)(C(=O)NC(C)(C)C)C1CCN(C(=O)OC(C)(C)C)CC1. The number of carbonyl (C=O) groups is 3.